The molecule has 0 amide bonds. The largest absolute Gasteiger partial charge is 0.481 e. The van der Waals surface area contributed by atoms with Crippen molar-refractivity contribution in [2.45, 2.75) is 31.1 Å². The SMILES string of the molecule is O=C(O)C1CCc2nocc2C12CC2. The highest BCUT2D eigenvalue weighted by Crippen LogP contribution is 2.58. The number of aliphatic carboxylic acids is 1. The van der Waals surface area contributed by atoms with Crippen molar-refractivity contribution in [3.8, 4) is 0 Å². The fourth-order valence-corrected chi connectivity index (χ4v) is 2.70. The van der Waals surface area contributed by atoms with E-state index in [4.69, 9.17) is 9.63 Å². The van der Waals surface area contributed by atoms with Crippen LogP contribution in [0.15, 0.2) is 10.8 Å². The number of hydrogen-bond acceptors (Lipinski definition) is 3. The third kappa shape index (κ3) is 0.832. The van der Waals surface area contributed by atoms with Gasteiger partial charge in [0, 0.05) is 11.0 Å². The fourth-order valence-electron chi connectivity index (χ4n) is 2.70. The summed E-state index contributed by atoms with van der Waals surface area (Å²) in [5.74, 6) is -0.899. The highest BCUT2D eigenvalue weighted by molar-refractivity contribution is 5.74. The van der Waals surface area contributed by atoms with Gasteiger partial charge in [-0.3, -0.25) is 4.79 Å². The van der Waals surface area contributed by atoms with Gasteiger partial charge >= 0.3 is 5.97 Å². The van der Waals surface area contributed by atoms with Crippen LogP contribution in [0.3, 0.4) is 0 Å². The van der Waals surface area contributed by atoms with Gasteiger partial charge < -0.3 is 9.63 Å². The Morgan fingerprint density at radius 1 is 1.64 bits per heavy atom. The molecule has 1 unspecified atom stereocenters. The molecule has 0 radical (unpaired) electrons. The van der Waals surface area contributed by atoms with Gasteiger partial charge in [-0.05, 0) is 25.7 Å². The zero-order valence-corrected chi connectivity index (χ0v) is 7.69. The van der Waals surface area contributed by atoms with E-state index < -0.39 is 5.97 Å². The monoisotopic (exact) mass is 193 g/mol. The van der Waals surface area contributed by atoms with Crippen LogP contribution in [0.25, 0.3) is 0 Å². The number of aryl methyl sites for hydroxylation is 1. The second kappa shape index (κ2) is 2.38. The highest BCUT2D eigenvalue weighted by atomic mass is 16.5. The van der Waals surface area contributed by atoms with Gasteiger partial charge in [-0.25, -0.2) is 0 Å². The number of nitrogens with zero attached hydrogens (tertiary/aromatic N) is 1. The highest BCUT2D eigenvalue weighted by Gasteiger charge is 2.57. The van der Waals surface area contributed by atoms with Crippen LogP contribution >= 0.6 is 0 Å². The first-order chi connectivity index (χ1) is 6.74. The van der Waals surface area contributed by atoms with Crippen molar-refractivity contribution in [3.05, 3.63) is 17.5 Å². The third-order valence-corrected chi connectivity index (χ3v) is 3.60. The van der Waals surface area contributed by atoms with Crippen molar-refractivity contribution in [2.75, 3.05) is 0 Å². The van der Waals surface area contributed by atoms with Crippen molar-refractivity contribution in [3.63, 3.8) is 0 Å². The molecular formula is C10H11NO3. The molecule has 1 saturated carbocycles. The summed E-state index contributed by atoms with van der Waals surface area (Å²) in [6.45, 7) is 0. The zero-order chi connectivity index (χ0) is 9.76. The van der Waals surface area contributed by atoms with Crippen LogP contribution in [-0.2, 0) is 16.6 Å². The van der Waals surface area contributed by atoms with Crippen LogP contribution in [0, 0.1) is 5.92 Å². The molecule has 3 rings (SSSR count). The van der Waals surface area contributed by atoms with Gasteiger partial charge in [0.15, 0.2) is 0 Å². The molecule has 1 N–H and O–H groups in total. The molecule has 2 aliphatic carbocycles. The summed E-state index contributed by atoms with van der Waals surface area (Å²) in [5.41, 5.74) is 1.90. The first-order valence-corrected chi connectivity index (χ1v) is 4.90. The van der Waals surface area contributed by atoms with Crippen molar-refractivity contribution < 1.29 is 14.4 Å². The van der Waals surface area contributed by atoms with Crippen LogP contribution < -0.4 is 0 Å². The molecule has 14 heavy (non-hydrogen) atoms. The summed E-state index contributed by atoms with van der Waals surface area (Å²) < 4.78 is 4.93. The summed E-state index contributed by atoms with van der Waals surface area (Å²) >= 11 is 0. The summed E-state index contributed by atoms with van der Waals surface area (Å²) in [6.07, 6.45) is 5.02. The lowest BCUT2D eigenvalue weighted by molar-refractivity contribution is -0.143. The molecule has 1 atom stereocenters. The van der Waals surface area contributed by atoms with Gasteiger partial charge in [0.25, 0.3) is 0 Å². The Labute approximate surface area is 80.9 Å². The van der Waals surface area contributed by atoms with Crippen LogP contribution in [0.2, 0.25) is 0 Å². The minimum atomic E-state index is -0.672. The second-order valence-corrected chi connectivity index (χ2v) is 4.26. The van der Waals surface area contributed by atoms with Gasteiger partial charge in [0.05, 0.1) is 11.6 Å². The Morgan fingerprint density at radius 2 is 2.43 bits per heavy atom. The average molecular weight is 193 g/mol. The Morgan fingerprint density at radius 3 is 3.07 bits per heavy atom. The number of carbonyl (C=O) groups is 1. The van der Waals surface area contributed by atoms with Gasteiger partial charge in [-0.1, -0.05) is 5.16 Å². The molecule has 1 aromatic heterocycles. The van der Waals surface area contributed by atoms with Crippen molar-refractivity contribution >= 4 is 5.97 Å². The van der Waals surface area contributed by atoms with Crippen LogP contribution in [0.5, 0.6) is 0 Å². The predicted molar refractivity (Wildman–Crippen MR) is 46.9 cm³/mol. The lowest BCUT2D eigenvalue weighted by Gasteiger charge is -2.27. The molecular weight excluding hydrogens is 182 g/mol. The summed E-state index contributed by atoms with van der Waals surface area (Å²) in [7, 11) is 0. The molecule has 4 heteroatoms. The Hall–Kier alpha value is -1.32. The van der Waals surface area contributed by atoms with E-state index in [1.165, 1.54) is 0 Å². The van der Waals surface area contributed by atoms with E-state index in [1.807, 2.05) is 0 Å². The van der Waals surface area contributed by atoms with E-state index in [-0.39, 0.29) is 11.3 Å². The molecule has 74 valence electrons. The molecule has 1 heterocycles. The quantitative estimate of drug-likeness (QED) is 0.731. The number of aromatic nitrogens is 1. The molecule has 0 aliphatic heterocycles. The van der Waals surface area contributed by atoms with Crippen molar-refractivity contribution in [2.24, 2.45) is 5.92 Å². The minimum Gasteiger partial charge on any atom is -0.481 e. The van der Waals surface area contributed by atoms with Crippen molar-refractivity contribution in [1.29, 1.82) is 0 Å². The normalized spacial score (nSPS) is 27.3. The van der Waals surface area contributed by atoms with Crippen LogP contribution in [0.1, 0.15) is 30.5 Å². The molecule has 4 nitrogen and oxygen atoms in total. The molecule has 1 aromatic rings. The van der Waals surface area contributed by atoms with E-state index in [0.29, 0.717) is 6.42 Å². The second-order valence-electron chi connectivity index (χ2n) is 4.26. The standard InChI is InChI=1S/C10H11NO3/c12-9(13)6-1-2-8-7(5-14-11-8)10(6)3-4-10/h5-6H,1-4H2,(H,12,13). The topological polar surface area (TPSA) is 63.3 Å². The third-order valence-electron chi connectivity index (χ3n) is 3.60. The number of carboxylic acid groups (broad SMARTS) is 1. The summed E-state index contributed by atoms with van der Waals surface area (Å²) in [5, 5.41) is 13.0. The maximum absolute atomic E-state index is 11.1. The van der Waals surface area contributed by atoms with E-state index in [9.17, 15) is 4.79 Å². The van der Waals surface area contributed by atoms with E-state index in [0.717, 1.165) is 30.5 Å². The molecule has 2 aliphatic rings. The number of hydrogen-bond donors (Lipinski definition) is 1. The Bertz CT molecular complexity index is 392. The van der Waals surface area contributed by atoms with Crippen LogP contribution in [0.4, 0.5) is 0 Å². The predicted octanol–water partition coefficient (Wildman–Crippen LogP) is 1.35. The van der Waals surface area contributed by atoms with E-state index in [1.54, 1.807) is 6.26 Å². The lowest BCUT2D eigenvalue weighted by Crippen LogP contribution is -2.32. The van der Waals surface area contributed by atoms with E-state index >= 15 is 0 Å². The molecule has 0 saturated heterocycles. The molecule has 0 aromatic carbocycles. The van der Waals surface area contributed by atoms with Gasteiger partial charge in [0.1, 0.15) is 6.26 Å². The van der Waals surface area contributed by atoms with Gasteiger partial charge in [0.2, 0.25) is 0 Å². The summed E-state index contributed by atoms with van der Waals surface area (Å²) in [4.78, 5) is 11.1. The zero-order valence-electron chi connectivity index (χ0n) is 7.69. The average Bonchev–Trinajstić information content (AvgIpc) is 2.77. The fraction of sp³-hybridized carbons (Fsp3) is 0.600. The van der Waals surface area contributed by atoms with Gasteiger partial charge in [-0.2, -0.15) is 0 Å². The van der Waals surface area contributed by atoms with Crippen LogP contribution in [-0.4, -0.2) is 16.2 Å². The number of rotatable bonds is 1. The lowest BCUT2D eigenvalue weighted by atomic mass is 9.75. The smallest absolute Gasteiger partial charge is 0.307 e. The molecule has 1 spiro atoms. The molecule has 1 fully saturated rings. The first-order valence-electron chi connectivity index (χ1n) is 4.90. The first kappa shape index (κ1) is 8.03. The Kier molecular flexibility index (Phi) is 1.36. The summed E-state index contributed by atoms with van der Waals surface area (Å²) in [6, 6.07) is 0. The number of fused-ring (bicyclic) bond motifs is 2. The maximum atomic E-state index is 11.1. The van der Waals surface area contributed by atoms with E-state index in [2.05, 4.69) is 5.16 Å². The Balaban J connectivity index is 2.08. The number of carboxylic acids is 1. The van der Waals surface area contributed by atoms with Crippen molar-refractivity contribution in [1.82, 2.24) is 5.16 Å². The maximum Gasteiger partial charge on any atom is 0.307 e. The minimum absolute atomic E-state index is 0.126. The molecule has 0 bridgehead atoms. The van der Waals surface area contributed by atoms with Gasteiger partial charge in [-0.15, -0.1) is 0 Å².